The molecule has 1 N–H and O–H groups in total. The standard InChI is InChI=1S/C15H25NO3/c1-13-6-4-7-14(15(13)17)12-16(9-11-19-3)8-5-10-18-2/h4,6-7,17H,5,8-12H2,1-3H3. The van der Waals surface area contributed by atoms with E-state index in [0.29, 0.717) is 12.4 Å². The number of phenols is 1. The van der Waals surface area contributed by atoms with Gasteiger partial charge in [0.15, 0.2) is 0 Å². The molecule has 4 nitrogen and oxygen atoms in total. The predicted octanol–water partition coefficient (Wildman–Crippen LogP) is 2.19. The Hall–Kier alpha value is -1.10. The highest BCUT2D eigenvalue weighted by atomic mass is 16.5. The second-order valence-electron chi connectivity index (χ2n) is 4.70. The van der Waals surface area contributed by atoms with Crippen LogP contribution in [0, 0.1) is 6.92 Å². The maximum atomic E-state index is 10.1. The molecule has 0 aromatic heterocycles. The predicted molar refractivity (Wildman–Crippen MR) is 76.5 cm³/mol. The number of phenolic OH excluding ortho intramolecular Hbond substituents is 1. The maximum absolute atomic E-state index is 10.1. The Balaban J connectivity index is 2.61. The van der Waals surface area contributed by atoms with Gasteiger partial charge in [0, 0.05) is 46.0 Å². The topological polar surface area (TPSA) is 41.9 Å². The minimum Gasteiger partial charge on any atom is -0.507 e. The first kappa shape index (κ1) is 16.0. The van der Waals surface area contributed by atoms with Crippen LogP contribution in [0.15, 0.2) is 18.2 Å². The molecule has 0 amide bonds. The summed E-state index contributed by atoms with van der Waals surface area (Å²) in [6.45, 7) is 5.89. The third kappa shape index (κ3) is 5.59. The van der Waals surface area contributed by atoms with Crippen molar-refractivity contribution in [2.75, 3.05) is 40.5 Å². The van der Waals surface area contributed by atoms with Gasteiger partial charge in [0.2, 0.25) is 0 Å². The number of aryl methyl sites for hydroxylation is 1. The molecule has 1 aromatic rings. The normalized spacial score (nSPS) is 11.2. The van der Waals surface area contributed by atoms with E-state index < -0.39 is 0 Å². The maximum Gasteiger partial charge on any atom is 0.122 e. The number of hydrogen-bond acceptors (Lipinski definition) is 4. The average molecular weight is 267 g/mol. The Morgan fingerprint density at radius 1 is 1.11 bits per heavy atom. The van der Waals surface area contributed by atoms with Crippen molar-refractivity contribution in [3.05, 3.63) is 29.3 Å². The van der Waals surface area contributed by atoms with Crippen LogP contribution in [-0.2, 0) is 16.0 Å². The van der Waals surface area contributed by atoms with E-state index in [2.05, 4.69) is 4.90 Å². The lowest BCUT2D eigenvalue weighted by molar-refractivity contribution is 0.128. The Bertz CT molecular complexity index is 368. The number of methoxy groups -OCH3 is 2. The summed E-state index contributed by atoms with van der Waals surface area (Å²) >= 11 is 0. The summed E-state index contributed by atoms with van der Waals surface area (Å²) in [6, 6.07) is 5.87. The van der Waals surface area contributed by atoms with E-state index in [1.165, 1.54) is 0 Å². The first-order valence-corrected chi connectivity index (χ1v) is 6.66. The summed E-state index contributed by atoms with van der Waals surface area (Å²) in [5.74, 6) is 0.400. The summed E-state index contributed by atoms with van der Waals surface area (Å²) in [7, 11) is 3.42. The zero-order valence-electron chi connectivity index (χ0n) is 12.2. The molecule has 0 saturated carbocycles. The van der Waals surface area contributed by atoms with Gasteiger partial charge in [-0.3, -0.25) is 4.90 Å². The van der Waals surface area contributed by atoms with Crippen molar-refractivity contribution in [2.24, 2.45) is 0 Å². The van der Waals surface area contributed by atoms with Crippen LogP contribution in [0.1, 0.15) is 17.5 Å². The summed E-state index contributed by atoms with van der Waals surface area (Å²) in [5, 5.41) is 10.1. The summed E-state index contributed by atoms with van der Waals surface area (Å²) < 4.78 is 10.2. The third-order valence-corrected chi connectivity index (χ3v) is 3.15. The molecule has 4 heteroatoms. The molecule has 19 heavy (non-hydrogen) atoms. The summed E-state index contributed by atoms with van der Waals surface area (Å²) in [5.41, 5.74) is 1.88. The Morgan fingerprint density at radius 3 is 2.53 bits per heavy atom. The van der Waals surface area contributed by atoms with Crippen LogP contribution < -0.4 is 0 Å². The van der Waals surface area contributed by atoms with E-state index >= 15 is 0 Å². The van der Waals surface area contributed by atoms with E-state index in [1.54, 1.807) is 14.2 Å². The van der Waals surface area contributed by atoms with Crippen molar-refractivity contribution < 1.29 is 14.6 Å². The molecule has 0 spiro atoms. The van der Waals surface area contributed by atoms with Crippen LogP contribution in [0.4, 0.5) is 0 Å². The molecule has 0 bridgehead atoms. The van der Waals surface area contributed by atoms with Crippen molar-refractivity contribution in [3.63, 3.8) is 0 Å². The fourth-order valence-corrected chi connectivity index (χ4v) is 2.01. The monoisotopic (exact) mass is 267 g/mol. The molecule has 0 aliphatic rings. The smallest absolute Gasteiger partial charge is 0.122 e. The number of aromatic hydroxyl groups is 1. The first-order valence-electron chi connectivity index (χ1n) is 6.66. The summed E-state index contributed by atoms with van der Waals surface area (Å²) in [4.78, 5) is 2.27. The van der Waals surface area contributed by atoms with E-state index in [9.17, 15) is 5.11 Å². The zero-order valence-corrected chi connectivity index (χ0v) is 12.2. The van der Waals surface area contributed by atoms with Crippen LogP contribution in [0.25, 0.3) is 0 Å². The number of benzene rings is 1. The van der Waals surface area contributed by atoms with Gasteiger partial charge in [-0.1, -0.05) is 18.2 Å². The molecular formula is C15H25NO3. The molecule has 0 radical (unpaired) electrons. The molecule has 0 aliphatic carbocycles. The third-order valence-electron chi connectivity index (χ3n) is 3.15. The molecule has 0 saturated heterocycles. The van der Waals surface area contributed by atoms with E-state index in [1.807, 2.05) is 25.1 Å². The second kappa shape index (κ2) is 8.91. The van der Waals surface area contributed by atoms with Crippen LogP contribution >= 0.6 is 0 Å². The van der Waals surface area contributed by atoms with Crippen LogP contribution in [0.3, 0.4) is 0 Å². The Morgan fingerprint density at radius 2 is 1.84 bits per heavy atom. The van der Waals surface area contributed by atoms with Crippen molar-refractivity contribution >= 4 is 0 Å². The molecule has 0 fully saturated rings. The first-order chi connectivity index (χ1) is 9.19. The van der Waals surface area contributed by atoms with Gasteiger partial charge in [0.1, 0.15) is 5.75 Å². The molecule has 0 unspecified atom stereocenters. The number of para-hydroxylation sites is 1. The van der Waals surface area contributed by atoms with Gasteiger partial charge < -0.3 is 14.6 Å². The lowest BCUT2D eigenvalue weighted by Crippen LogP contribution is -2.28. The van der Waals surface area contributed by atoms with Gasteiger partial charge in [-0.15, -0.1) is 0 Å². The molecule has 1 aromatic carbocycles. The van der Waals surface area contributed by atoms with Crippen molar-refractivity contribution in [1.82, 2.24) is 4.90 Å². The lowest BCUT2D eigenvalue weighted by Gasteiger charge is -2.22. The van der Waals surface area contributed by atoms with E-state index in [0.717, 1.165) is 43.8 Å². The zero-order chi connectivity index (χ0) is 14.1. The Labute approximate surface area is 115 Å². The van der Waals surface area contributed by atoms with Crippen molar-refractivity contribution in [3.8, 4) is 5.75 Å². The molecule has 1 rings (SSSR count). The molecular weight excluding hydrogens is 242 g/mol. The second-order valence-corrected chi connectivity index (χ2v) is 4.70. The number of ether oxygens (including phenoxy) is 2. The van der Waals surface area contributed by atoms with E-state index in [4.69, 9.17) is 9.47 Å². The van der Waals surface area contributed by atoms with Gasteiger partial charge in [-0.05, 0) is 18.9 Å². The average Bonchev–Trinajstić information content (AvgIpc) is 2.41. The van der Waals surface area contributed by atoms with Crippen LogP contribution in [-0.4, -0.2) is 50.5 Å². The van der Waals surface area contributed by atoms with Gasteiger partial charge in [0.25, 0.3) is 0 Å². The van der Waals surface area contributed by atoms with Crippen molar-refractivity contribution in [2.45, 2.75) is 19.9 Å². The number of rotatable bonds is 9. The molecule has 0 heterocycles. The molecule has 0 aliphatic heterocycles. The fraction of sp³-hybridized carbons (Fsp3) is 0.600. The van der Waals surface area contributed by atoms with Gasteiger partial charge >= 0.3 is 0 Å². The fourth-order valence-electron chi connectivity index (χ4n) is 2.01. The highest BCUT2D eigenvalue weighted by Gasteiger charge is 2.10. The minimum absolute atomic E-state index is 0.400. The van der Waals surface area contributed by atoms with Gasteiger partial charge in [-0.25, -0.2) is 0 Å². The van der Waals surface area contributed by atoms with Crippen LogP contribution in [0.5, 0.6) is 5.75 Å². The SMILES string of the molecule is COCCCN(CCOC)Cc1cccc(C)c1O. The molecule has 108 valence electrons. The quantitative estimate of drug-likeness (QED) is 0.696. The van der Waals surface area contributed by atoms with E-state index in [-0.39, 0.29) is 0 Å². The highest BCUT2D eigenvalue weighted by molar-refractivity contribution is 5.39. The van der Waals surface area contributed by atoms with Crippen LogP contribution in [0.2, 0.25) is 0 Å². The number of nitrogens with zero attached hydrogens (tertiary/aromatic N) is 1. The van der Waals surface area contributed by atoms with Crippen molar-refractivity contribution in [1.29, 1.82) is 0 Å². The lowest BCUT2D eigenvalue weighted by atomic mass is 10.1. The Kier molecular flexibility index (Phi) is 7.48. The number of hydrogen-bond donors (Lipinski definition) is 1. The molecule has 0 atom stereocenters. The summed E-state index contributed by atoms with van der Waals surface area (Å²) in [6.07, 6.45) is 0.979. The highest BCUT2D eigenvalue weighted by Crippen LogP contribution is 2.22. The van der Waals surface area contributed by atoms with Gasteiger partial charge in [-0.2, -0.15) is 0 Å². The van der Waals surface area contributed by atoms with Gasteiger partial charge in [0.05, 0.1) is 6.61 Å². The minimum atomic E-state index is 0.400. The largest absolute Gasteiger partial charge is 0.507 e.